The molecule has 14 atom stereocenters. The van der Waals surface area contributed by atoms with E-state index in [0.29, 0.717) is 43.4 Å². The van der Waals surface area contributed by atoms with E-state index >= 15 is 0 Å². The first kappa shape index (κ1) is 45.0. The summed E-state index contributed by atoms with van der Waals surface area (Å²) in [5.41, 5.74) is -3.09. The topological polar surface area (TPSA) is 196 Å². The van der Waals surface area contributed by atoms with Crippen molar-refractivity contribution in [2.75, 3.05) is 13.2 Å². The highest BCUT2D eigenvalue weighted by molar-refractivity contribution is 6.01. The van der Waals surface area contributed by atoms with Gasteiger partial charge in [0.25, 0.3) is 0 Å². The van der Waals surface area contributed by atoms with Gasteiger partial charge < -0.3 is 33.9 Å². The van der Waals surface area contributed by atoms with Crippen molar-refractivity contribution >= 4 is 35.3 Å². The molecule has 13 heteroatoms. The molecule has 2 heterocycles. The second-order valence-corrected chi connectivity index (χ2v) is 21.6. The number of aliphatic hydroxyl groups is 2. The molecule has 0 aromatic heterocycles. The first-order chi connectivity index (χ1) is 31.1. The standard InChI is InChI=1S/C30H32O7.C23H28O6/c1-18(31)35-17-24(32)29(34)14-12-22-23-10-9-20-15-21(36-26(33)19-7-5-4-6-8-19)11-13-27(20,2)30(23)25(37-30)16-28(22,29)3;1-13(24)28-12-18(26)22(27)9-7-16-17-5-4-14-10-15(25)6-8-20(14,2)23(17)19(29-23)11-21(16,22)3/h4-9,11,13,15,22-23,25,34H,10,12,14,16-17H2,1-3H3;6,8,10,16-17,19,27H,4-5,7,9,11-12H2,1-3H3/t22?,23?,25-,27-,28-,29-,30+;16?,17?,19-,20-,21-,22-,23+/m00/s1. The number of Topliss-reactive ketones (excluding diaryl/α,β-unsaturated/α-hetero) is 2. The molecule has 10 aliphatic rings. The van der Waals surface area contributed by atoms with Crippen molar-refractivity contribution in [1.29, 1.82) is 0 Å². The molecule has 11 rings (SSSR count). The summed E-state index contributed by atoms with van der Waals surface area (Å²) in [6.45, 7) is 10.1. The Labute approximate surface area is 384 Å². The van der Waals surface area contributed by atoms with E-state index in [-0.39, 0.29) is 59.3 Å². The zero-order chi connectivity index (χ0) is 47.0. The fourth-order valence-electron chi connectivity index (χ4n) is 15.3. The van der Waals surface area contributed by atoms with E-state index in [9.17, 15) is 39.0 Å². The maximum atomic E-state index is 13.1. The second kappa shape index (κ2) is 14.8. The number of ketones is 3. The summed E-state index contributed by atoms with van der Waals surface area (Å²) < 4.78 is 28.6. The van der Waals surface area contributed by atoms with Crippen molar-refractivity contribution in [3.05, 3.63) is 95.3 Å². The maximum absolute atomic E-state index is 13.1. The van der Waals surface area contributed by atoms with Crippen LogP contribution in [0.3, 0.4) is 0 Å². The van der Waals surface area contributed by atoms with Crippen molar-refractivity contribution in [1.82, 2.24) is 0 Å². The Morgan fingerprint density at radius 2 is 1.24 bits per heavy atom. The fourth-order valence-corrected chi connectivity index (χ4v) is 15.3. The average molecular weight is 905 g/mol. The molecule has 0 amide bonds. The highest BCUT2D eigenvalue weighted by Crippen LogP contribution is 2.77. The second-order valence-electron chi connectivity index (χ2n) is 21.6. The van der Waals surface area contributed by atoms with Gasteiger partial charge in [-0.05, 0) is 137 Å². The van der Waals surface area contributed by atoms with Crippen LogP contribution in [0.5, 0.6) is 0 Å². The van der Waals surface area contributed by atoms with Crippen molar-refractivity contribution in [2.45, 2.75) is 134 Å². The zero-order valence-corrected chi connectivity index (χ0v) is 38.6. The van der Waals surface area contributed by atoms with Crippen LogP contribution < -0.4 is 0 Å². The lowest BCUT2D eigenvalue weighted by molar-refractivity contribution is -0.165. The van der Waals surface area contributed by atoms with Crippen LogP contribution >= 0.6 is 0 Å². The number of allylic oxidation sites excluding steroid dienone is 5. The molecule has 2 spiro atoms. The molecule has 1 aromatic carbocycles. The third-order valence-electron chi connectivity index (χ3n) is 18.9. The van der Waals surface area contributed by atoms with Gasteiger partial charge >= 0.3 is 17.9 Å². The number of carbonyl (C=O) groups is 6. The Bertz CT molecular complexity index is 2500. The molecule has 1 aromatic rings. The third kappa shape index (κ3) is 5.97. The summed E-state index contributed by atoms with van der Waals surface area (Å²) in [4.78, 5) is 73.0. The first-order valence-electron chi connectivity index (χ1n) is 23.6. The number of benzene rings is 1. The monoisotopic (exact) mass is 904 g/mol. The molecule has 350 valence electrons. The molecule has 2 aliphatic heterocycles. The SMILES string of the molecule is CC(=O)OCC(=O)[C@@]1(O)CCC2C3CC=C4C=C(OC(=O)c5ccccc5)C=C[C@]4(C)[C@@]34O[C@H]4C[C@@]21C.CC(=O)OCC(=O)[C@@]1(O)CCC2C3CCC4=CC(=O)C=C[C@]4(C)[C@@]34O[C@H]4C[C@@]21C. The zero-order valence-electron chi connectivity index (χ0n) is 38.6. The number of hydrogen-bond acceptors (Lipinski definition) is 13. The van der Waals surface area contributed by atoms with E-state index in [4.69, 9.17) is 23.7 Å². The Morgan fingerprint density at radius 3 is 1.82 bits per heavy atom. The lowest BCUT2D eigenvalue weighted by atomic mass is 9.47. The van der Waals surface area contributed by atoms with Crippen molar-refractivity contribution < 1.29 is 62.7 Å². The van der Waals surface area contributed by atoms with Gasteiger partial charge in [-0.2, -0.15) is 0 Å². The number of carbonyl (C=O) groups excluding carboxylic acids is 6. The normalized spacial score (nSPS) is 44.5. The molecule has 0 radical (unpaired) electrons. The van der Waals surface area contributed by atoms with E-state index in [1.54, 1.807) is 36.4 Å². The number of ether oxygens (including phenoxy) is 5. The van der Waals surface area contributed by atoms with Crippen molar-refractivity contribution in [3.63, 3.8) is 0 Å². The highest BCUT2D eigenvalue weighted by atomic mass is 16.6. The minimum atomic E-state index is -1.54. The number of fused-ring (bicyclic) bond motifs is 6. The molecule has 2 saturated heterocycles. The van der Waals surface area contributed by atoms with Crippen LogP contribution in [0, 0.1) is 45.3 Å². The average Bonchev–Trinajstić information content (AvgIpc) is 4.15. The van der Waals surface area contributed by atoms with Gasteiger partial charge in [-0.25, -0.2) is 4.79 Å². The highest BCUT2D eigenvalue weighted by Gasteiger charge is 2.82. The number of epoxide rings is 2. The summed E-state index contributed by atoms with van der Waals surface area (Å²) in [5, 5.41) is 23.2. The molecule has 5 saturated carbocycles. The van der Waals surface area contributed by atoms with Crippen LogP contribution in [-0.4, -0.2) is 93.3 Å². The quantitative estimate of drug-likeness (QED) is 0.166. The lowest BCUT2D eigenvalue weighted by Crippen LogP contribution is -2.61. The van der Waals surface area contributed by atoms with Gasteiger partial charge in [0.2, 0.25) is 11.6 Å². The van der Waals surface area contributed by atoms with Crippen LogP contribution in [0.25, 0.3) is 0 Å². The predicted octanol–water partition coefficient (Wildman–Crippen LogP) is 6.36. The number of esters is 3. The molecule has 2 N–H and O–H groups in total. The van der Waals surface area contributed by atoms with E-state index < -0.39 is 69.1 Å². The lowest BCUT2D eigenvalue weighted by Gasteiger charge is -2.55. The molecule has 4 unspecified atom stereocenters. The van der Waals surface area contributed by atoms with Crippen LogP contribution in [-0.2, 0) is 47.7 Å². The Kier molecular flexibility index (Phi) is 10.1. The summed E-state index contributed by atoms with van der Waals surface area (Å²) in [6, 6.07) is 8.91. The third-order valence-corrected chi connectivity index (χ3v) is 18.9. The van der Waals surface area contributed by atoms with Gasteiger partial charge in [-0.3, -0.25) is 24.0 Å². The summed E-state index contributed by atoms with van der Waals surface area (Å²) in [6.07, 6.45) is 19.2. The van der Waals surface area contributed by atoms with E-state index in [0.717, 1.165) is 36.8 Å². The van der Waals surface area contributed by atoms with Gasteiger partial charge in [0.05, 0.1) is 17.8 Å². The van der Waals surface area contributed by atoms with Crippen LogP contribution in [0.2, 0.25) is 0 Å². The van der Waals surface area contributed by atoms with Gasteiger partial charge in [0, 0.05) is 35.5 Å². The largest absolute Gasteiger partial charge is 0.458 e. The van der Waals surface area contributed by atoms with Crippen LogP contribution in [0.4, 0.5) is 0 Å². The minimum absolute atomic E-state index is 0.0384. The summed E-state index contributed by atoms with van der Waals surface area (Å²) >= 11 is 0. The molecular weight excluding hydrogens is 845 g/mol. The molecule has 0 bridgehead atoms. The molecule has 13 nitrogen and oxygen atoms in total. The summed E-state index contributed by atoms with van der Waals surface area (Å²) in [5.74, 6) is -1.16. The predicted molar refractivity (Wildman–Crippen MR) is 236 cm³/mol. The minimum Gasteiger partial charge on any atom is -0.458 e. The number of hydrogen-bond donors (Lipinski definition) is 2. The maximum Gasteiger partial charge on any atom is 0.343 e. The summed E-state index contributed by atoms with van der Waals surface area (Å²) in [7, 11) is 0. The van der Waals surface area contributed by atoms with Crippen molar-refractivity contribution in [3.8, 4) is 0 Å². The molecular formula is C53H60O13. The smallest absolute Gasteiger partial charge is 0.343 e. The fraction of sp³-hybridized carbons (Fsp3) is 0.585. The van der Waals surface area contributed by atoms with Gasteiger partial charge in [0.15, 0.2) is 19.0 Å². The molecule has 66 heavy (non-hydrogen) atoms. The van der Waals surface area contributed by atoms with E-state index in [1.165, 1.54) is 13.8 Å². The first-order valence-corrected chi connectivity index (χ1v) is 23.6. The Morgan fingerprint density at radius 1 is 0.697 bits per heavy atom. The van der Waals surface area contributed by atoms with Gasteiger partial charge in [-0.15, -0.1) is 0 Å². The molecule has 7 fully saturated rings. The van der Waals surface area contributed by atoms with E-state index in [2.05, 4.69) is 26.0 Å². The van der Waals surface area contributed by atoms with Crippen molar-refractivity contribution in [2.24, 2.45) is 45.3 Å². The number of rotatable bonds is 8. The Balaban J connectivity index is 0.000000160. The molecule has 8 aliphatic carbocycles. The van der Waals surface area contributed by atoms with Crippen LogP contribution in [0.15, 0.2) is 89.8 Å². The van der Waals surface area contributed by atoms with Gasteiger partial charge in [-0.1, -0.05) is 55.8 Å². The Hall–Kier alpha value is -4.82. The van der Waals surface area contributed by atoms with E-state index in [1.807, 2.05) is 38.1 Å². The van der Waals surface area contributed by atoms with Gasteiger partial charge in [0.1, 0.15) is 28.2 Å². The van der Waals surface area contributed by atoms with Crippen LogP contribution in [0.1, 0.15) is 110 Å².